The highest BCUT2D eigenvalue weighted by atomic mass is 35.5. The molecule has 0 aliphatic carbocycles. The van der Waals surface area contributed by atoms with Crippen molar-refractivity contribution < 1.29 is 13.2 Å². The van der Waals surface area contributed by atoms with E-state index in [0.717, 1.165) is 0 Å². The van der Waals surface area contributed by atoms with Crippen molar-refractivity contribution in [3.63, 3.8) is 0 Å². The highest BCUT2D eigenvalue weighted by Crippen LogP contribution is 2.21. The van der Waals surface area contributed by atoms with Crippen LogP contribution in [0.5, 0.6) is 0 Å². The third-order valence-corrected chi connectivity index (χ3v) is 3.64. The quantitative estimate of drug-likeness (QED) is 0.831. The minimum Gasteiger partial charge on any atom is -0.369 e. The number of carbonyl (C=O) groups excluding carboxylic acids is 1. The first kappa shape index (κ1) is 11.0. The molecule has 1 rings (SSSR count). The Morgan fingerprint density at radius 2 is 1.93 bits per heavy atom. The smallest absolute Gasteiger partial charge is 0.233 e. The molecule has 0 radical (unpaired) electrons. The van der Waals surface area contributed by atoms with E-state index in [1.807, 2.05) is 0 Å². The summed E-state index contributed by atoms with van der Waals surface area (Å²) in [5, 5.41) is 0.0914. The van der Waals surface area contributed by atoms with E-state index < -0.39 is 21.5 Å². The number of carbonyl (C=O) groups is 1. The van der Waals surface area contributed by atoms with Gasteiger partial charge in [-0.25, -0.2) is 8.42 Å². The van der Waals surface area contributed by atoms with Crippen molar-refractivity contribution in [1.82, 2.24) is 0 Å². The van der Waals surface area contributed by atoms with E-state index >= 15 is 0 Å². The van der Waals surface area contributed by atoms with Crippen LogP contribution in [0.4, 0.5) is 0 Å². The minimum absolute atomic E-state index is 0.0690. The van der Waals surface area contributed by atoms with E-state index in [1.165, 1.54) is 18.2 Å². The van der Waals surface area contributed by atoms with E-state index in [0.29, 0.717) is 0 Å². The molecule has 0 atom stereocenters. The van der Waals surface area contributed by atoms with Crippen molar-refractivity contribution >= 4 is 27.3 Å². The van der Waals surface area contributed by atoms with E-state index in [1.54, 1.807) is 6.07 Å². The highest BCUT2D eigenvalue weighted by molar-refractivity contribution is 7.92. The summed E-state index contributed by atoms with van der Waals surface area (Å²) in [4.78, 5) is 10.4. The first-order valence-electron chi connectivity index (χ1n) is 3.69. The van der Waals surface area contributed by atoms with Crippen molar-refractivity contribution in [3.05, 3.63) is 29.3 Å². The number of amides is 1. The largest absolute Gasteiger partial charge is 0.369 e. The first-order chi connectivity index (χ1) is 6.43. The Labute approximate surface area is 86.6 Å². The van der Waals surface area contributed by atoms with E-state index in [4.69, 9.17) is 17.3 Å². The summed E-state index contributed by atoms with van der Waals surface area (Å²) in [6.45, 7) is 0. The summed E-state index contributed by atoms with van der Waals surface area (Å²) < 4.78 is 23.0. The maximum absolute atomic E-state index is 11.5. The molecule has 14 heavy (non-hydrogen) atoms. The molecule has 0 saturated heterocycles. The van der Waals surface area contributed by atoms with Gasteiger partial charge in [0.1, 0.15) is 5.75 Å². The molecule has 76 valence electrons. The molecule has 1 amide bonds. The summed E-state index contributed by atoms with van der Waals surface area (Å²) in [6.07, 6.45) is 0. The summed E-state index contributed by atoms with van der Waals surface area (Å²) >= 11 is 5.66. The number of nitrogens with two attached hydrogens (primary N) is 1. The van der Waals surface area contributed by atoms with Gasteiger partial charge in [-0.15, -0.1) is 0 Å². The van der Waals surface area contributed by atoms with Gasteiger partial charge in [0.2, 0.25) is 5.91 Å². The van der Waals surface area contributed by atoms with Gasteiger partial charge in [-0.05, 0) is 12.1 Å². The van der Waals surface area contributed by atoms with Crippen molar-refractivity contribution in [3.8, 4) is 0 Å². The van der Waals surface area contributed by atoms with Crippen molar-refractivity contribution in [2.24, 2.45) is 5.73 Å². The van der Waals surface area contributed by atoms with E-state index in [2.05, 4.69) is 0 Å². The second-order valence-electron chi connectivity index (χ2n) is 2.66. The zero-order chi connectivity index (χ0) is 10.8. The molecule has 1 aromatic carbocycles. The molecule has 0 saturated carbocycles. The zero-order valence-electron chi connectivity index (χ0n) is 7.10. The zero-order valence-corrected chi connectivity index (χ0v) is 8.68. The Bertz CT molecular complexity index is 455. The Morgan fingerprint density at radius 1 is 1.36 bits per heavy atom. The van der Waals surface area contributed by atoms with Crippen LogP contribution in [0.1, 0.15) is 0 Å². The lowest BCUT2D eigenvalue weighted by molar-refractivity contribution is -0.115. The summed E-state index contributed by atoms with van der Waals surface area (Å²) in [7, 11) is -3.70. The van der Waals surface area contributed by atoms with Gasteiger partial charge in [0.25, 0.3) is 0 Å². The lowest BCUT2D eigenvalue weighted by Gasteiger charge is -2.03. The molecule has 2 N–H and O–H groups in total. The van der Waals surface area contributed by atoms with Crippen molar-refractivity contribution in [1.29, 1.82) is 0 Å². The molecule has 0 bridgehead atoms. The molecule has 0 spiro atoms. The third kappa shape index (κ3) is 2.46. The van der Waals surface area contributed by atoms with Gasteiger partial charge in [0, 0.05) is 0 Å². The molecule has 6 heteroatoms. The minimum atomic E-state index is -3.70. The molecule has 0 unspecified atom stereocenters. The Kier molecular flexibility index (Phi) is 3.13. The van der Waals surface area contributed by atoms with Crippen LogP contribution >= 0.6 is 11.6 Å². The second-order valence-corrected chi connectivity index (χ2v) is 5.02. The SMILES string of the molecule is NC(=O)CS(=O)(=O)c1ccccc1Cl. The van der Waals surface area contributed by atoms with Crippen LogP contribution in [-0.2, 0) is 14.6 Å². The molecule has 0 fully saturated rings. The summed E-state index contributed by atoms with van der Waals surface area (Å²) in [6, 6.07) is 5.90. The summed E-state index contributed by atoms with van der Waals surface area (Å²) in [5.41, 5.74) is 4.80. The normalized spacial score (nSPS) is 11.2. The Balaban J connectivity index is 3.17. The molecule has 0 aliphatic rings. The van der Waals surface area contributed by atoms with Crippen LogP contribution in [0, 0.1) is 0 Å². The molecule has 4 nitrogen and oxygen atoms in total. The first-order valence-corrected chi connectivity index (χ1v) is 5.72. The van der Waals surface area contributed by atoms with Crippen molar-refractivity contribution in [2.75, 3.05) is 5.75 Å². The fourth-order valence-electron chi connectivity index (χ4n) is 0.962. The number of hydrogen-bond donors (Lipinski definition) is 1. The number of rotatable bonds is 3. The molecular formula is C8H8ClNO3S. The fraction of sp³-hybridized carbons (Fsp3) is 0.125. The van der Waals surface area contributed by atoms with Crippen LogP contribution in [0.25, 0.3) is 0 Å². The Morgan fingerprint density at radius 3 is 2.43 bits per heavy atom. The maximum atomic E-state index is 11.5. The third-order valence-electron chi connectivity index (χ3n) is 1.50. The van der Waals surface area contributed by atoms with Gasteiger partial charge < -0.3 is 5.73 Å². The monoisotopic (exact) mass is 233 g/mol. The maximum Gasteiger partial charge on any atom is 0.233 e. The van der Waals surface area contributed by atoms with Crippen LogP contribution < -0.4 is 5.73 Å². The number of hydrogen-bond acceptors (Lipinski definition) is 3. The average molecular weight is 234 g/mol. The number of sulfone groups is 1. The molecule has 0 aliphatic heterocycles. The van der Waals surface area contributed by atoms with Gasteiger partial charge in [0.05, 0.1) is 9.92 Å². The predicted octanol–water partition coefficient (Wildman–Crippen LogP) is 0.599. The lowest BCUT2D eigenvalue weighted by Crippen LogP contribution is -2.23. The van der Waals surface area contributed by atoms with Crippen LogP contribution in [0.3, 0.4) is 0 Å². The average Bonchev–Trinajstić information content (AvgIpc) is 2.02. The number of halogens is 1. The van der Waals surface area contributed by atoms with Crippen LogP contribution in [-0.4, -0.2) is 20.1 Å². The molecule has 0 heterocycles. The lowest BCUT2D eigenvalue weighted by atomic mass is 10.4. The van der Waals surface area contributed by atoms with Crippen LogP contribution in [0.2, 0.25) is 5.02 Å². The van der Waals surface area contributed by atoms with Gasteiger partial charge in [-0.3, -0.25) is 4.79 Å². The molecule has 1 aromatic rings. The molecular weight excluding hydrogens is 226 g/mol. The van der Waals surface area contributed by atoms with Gasteiger partial charge >= 0.3 is 0 Å². The van der Waals surface area contributed by atoms with Crippen molar-refractivity contribution in [2.45, 2.75) is 4.90 Å². The topological polar surface area (TPSA) is 77.2 Å². The van der Waals surface area contributed by atoms with Crippen LogP contribution in [0.15, 0.2) is 29.2 Å². The second kappa shape index (κ2) is 3.98. The molecule has 0 aromatic heterocycles. The Hall–Kier alpha value is -1.07. The highest BCUT2D eigenvalue weighted by Gasteiger charge is 2.19. The van der Waals surface area contributed by atoms with Gasteiger partial charge in [0.15, 0.2) is 9.84 Å². The number of benzene rings is 1. The van der Waals surface area contributed by atoms with Gasteiger partial charge in [-0.2, -0.15) is 0 Å². The van der Waals surface area contributed by atoms with E-state index in [9.17, 15) is 13.2 Å². The standard InChI is InChI=1S/C8H8ClNO3S/c9-6-3-1-2-4-7(6)14(12,13)5-8(10)11/h1-4H,5H2,(H2,10,11). The number of primary amides is 1. The van der Waals surface area contributed by atoms with Gasteiger partial charge in [-0.1, -0.05) is 23.7 Å². The predicted molar refractivity (Wildman–Crippen MR) is 52.7 cm³/mol. The summed E-state index contributed by atoms with van der Waals surface area (Å²) in [5.74, 6) is -1.62. The fourth-order valence-corrected chi connectivity index (χ4v) is 2.63. The van der Waals surface area contributed by atoms with E-state index in [-0.39, 0.29) is 9.92 Å².